The number of nitrogens with one attached hydrogen (secondary N) is 3. The molecule has 4 fully saturated rings. The highest BCUT2D eigenvalue weighted by molar-refractivity contribution is 14.1. The lowest BCUT2D eigenvalue weighted by Crippen LogP contribution is -2.65. The first-order chi connectivity index (χ1) is 41.4. The van der Waals surface area contributed by atoms with E-state index in [9.17, 15) is 49.8 Å². The second kappa shape index (κ2) is 32.0. The first-order valence-electron chi connectivity index (χ1n) is 27.8. The zero-order chi connectivity index (χ0) is 63.6. The second-order valence-electron chi connectivity index (χ2n) is 20.9. The number of aliphatic carboxylic acids is 1. The first kappa shape index (κ1) is 70.6. The van der Waals surface area contributed by atoms with Gasteiger partial charge in [0, 0.05) is 44.0 Å². The van der Waals surface area contributed by atoms with Gasteiger partial charge in [0.05, 0.1) is 97.0 Å². The van der Waals surface area contributed by atoms with Crippen molar-refractivity contribution >= 4 is 78.9 Å². The summed E-state index contributed by atoms with van der Waals surface area (Å²) in [6, 6.07) is -1.34. The van der Waals surface area contributed by atoms with Gasteiger partial charge in [-0.05, 0) is 81.5 Å². The molecule has 2 bridgehead atoms. The number of amides is 1. The Morgan fingerprint density at radius 3 is 2.25 bits per heavy atom. The fourth-order valence-corrected chi connectivity index (χ4v) is 14.3. The molecular formula is C57H76IN3O23S3. The molecule has 4 heterocycles. The Bertz CT molecular complexity index is 2850. The molecule has 0 radical (unpaired) electrons. The van der Waals surface area contributed by atoms with Crippen molar-refractivity contribution in [2.24, 2.45) is 0 Å². The number of aliphatic hydroxyl groups is 5. The van der Waals surface area contributed by atoms with Crippen LogP contribution >= 0.6 is 55.9 Å². The molecular weight excluding hydrogens is 1320 g/mol. The number of ketones is 1. The molecule has 30 heteroatoms. The summed E-state index contributed by atoms with van der Waals surface area (Å²) in [4.78, 5) is 59.3. The van der Waals surface area contributed by atoms with E-state index in [0.29, 0.717) is 15.7 Å². The van der Waals surface area contributed by atoms with Crippen LogP contribution < -0.4 is 30.3 Å². The monoisotopic (exact) mass is 1390 g/mol. The minimum Gasteiger partial charge on any atom is -0.492 e. The average molecular weight is 1390 g/mol. The lowest BCUT2D eigenvalue weighted by Gasteiger charge is -2.46. The Balaban J connectivity index is 1.13. The van der Waals surface area contributed by atoms with Gasteiger partial charge in [-0.25, -0.2) is 4.79 Å². The van der Waals surface area contributed by atoms with E-state index in [2.05, 4.69) is 39.8 Å². The molecule has 4 aliphatic heterocycles. The number of halogens is 1. The van der Waals surface area contributed by atoms with Gasteiger partial charge in [0.2, 0.25) is 17.2 Å². The zero-order valence-corrected chi connectivity index (χ0v) is 54.3. The predicted molar refractivity (Wildman–Crippen MR) is 323 cm³/mol. The smallest absolute Gasteiger partial charge is 0.411 e. The fourth-order valence-electron chi connectivity index (χ4n) is 10.6. The topological polar surface area (TPSA) is 346 Å². The third-order valence-corrected chi connectivity index (χ3v) is 20.5. The summed E-state index contributed by atoms with van der Waals surface area (Å²) in [6.45, 7) is 10.8. The Labute approximate surface area is 529 Å². The summed E-state index contributed by atoms with van der Waals surface area (Å²) in [5.41, 5.74) is 0.780. The molecule has 0 aromatic heterocycles. The summed E-state index contributed by atoms with van der Waals surface area (Å²) in [7, 11) is 8.90. The van der Waals surface area contributed by atoms with Crippen LogP contribution in [0.2, 0.25) is 0 Å². The molecule has 1 aromatic rings. The van der Waals surface area contributed by atoms with Gasteiger partial charge >= 0.3 is 12.1 Å². The van der Waals surface area contributed by atoms with Gasteiger partial charge in [-0.2, -0.15) is 5.48 Å². The highest BCUT2D eigenvalue weighted by Gasteiger charge is 2.52. The molecule has 1 unspecified atom stereocenters. The molecule has 6 aliphatic rings. The Hall–Kier alpha value is -3.82. The van der Waals surface area contributed by atoms with Crippen LogP contribution in [0.25, 0.3) is 0 Å². The Morgan fingerprint density at radius 2 is 1.60 bits per heavy atom. The third kappa shape index (κ3) is 16.5. The van der Waals surface area contributed by atoms with Crippen molar-refractivity contribution in [2.45, 2.75) is 181 Å². The van der Waals surface area contributed by atoms with Gasteiger partial charge < -0.3 is 92.8 Å². The number of likely N-dealkylation sites (N-methyl/N-ethyl adjacent to an activating group) is 1. The van der Waals surface area contributed by atoms with E-state index in [1.54, 1.807) is 40.9 Å². The van der Waals surface area contributed by atoms with E-state index in [4.69, 9.17) is 61.7 Å². The normalized spacial score (nSPS) is 35.0. The van der Waals surface area contributed by atoms with Crippen LogP contribution in [0.5, 0.6) is 17.2 Å². The van der Waals surface area contributed by atoms with Crippen LogP contribution in [0.15, 0.2) is 35.1 Å². The summed E-state index contributed by atoms with van der Waals surface area (Å²) in [6.07, 6.45) is -14.8. The average Bonchev–Trinajstić information content (AvgIpc) is 1.21. The molecule has 4 saturated heterocycles. The van der Waals surface area contributed by atoms with Gasteiger partial charge in [-0.1, -0.05) is 70.0 Å². The van der Waals surface area contributed by atoms with Crippen LogP contribution in [-0.4, -0.2) is 229 Å². The van der Waals surface area contributed by atoms with Crippen molar-refractivity contribution in [2.75, 3.05) is 54.5 Å². The number of allylic oxidation sites excluding steroid dienone is 3. The number of aliphatic hydroxyl groups excluding tert-OH is 4. The van der Waals surface area contributed by atoms with Gasteiger partial charge in [0.25, 0.3) is 0 Å². The maximum absolute atomic E-state index is 14.4. The molecule has 0 spiro atoms. The summed E-state index contributed by atoms with van der Waals surface area (Å²) in [5, 5.41) is 71.4. The number of hydroxylamine groups is 1. The summed E-state index contributed by atoms with van der Waals surface area (Å²) in [5.74, 6) is 9.69. The van der Waals surface area contributed by atoms with Gasteiger partial charge in [-0.15, -0.1) is 0 Å². The Morgan fingerprint density at radius 1 is 0.885 bits per heavy atom. The van der Waals surface area contributed by atoms with Crippen LogP contribution in [0.3, 0.4) is 0 Å². The van der Waals surface area contributed by atoms with Crippen molar-refractivity contribution in [1.29, 1.82) is 0 Å². The number of hydrogen-bond acceptors (Lipinski definition) is 27. The van der Waals surface area contributed by atoms with Crippen molar-refractivity contribution in [1.82, 2.24) is 16.1 Å². The molecule has 1 amide bonds. The molecule has 9 N–H and O–H groups in total. The predicted octanol–water partition coefficient (Wildman–Crippen LogP) is 2.39. The maximum Gasteiger partial charge on any atom is 0.411 e. The maximum atomic E-state index is 14.4. The zero-order valence-electron chi connectivity index (χ0n) is 49.7. The van der Waals surface area contributed by atoms with E-state index in [1.807, 2.05) is 29.5 Å². The van der Waals surface area contributed by atoms with E-state index in [-0.39, 0.29) is 70.9 Å². The number of fused-ring (bicyclic) bond motifs is 2. The standard InChI is InChI=1S/C57H76IN3O23S3/c1-12-59-31-24-77-36(22-35(31)72-7)82-49-44(65)41(26(3)79-55(49)81-34-17-15-13-14-16-19-57(71)23-33(63)42(60-56(70)76-11)39(34)30(57)18-20-85-87-29(6)52(67)68)61-84-37-21-32(62)51(28(5)78-37)86-53(69)38-25(2)40(58)47(50(75-10)46(38)73-8)83-54-45(66)48(74-9)43(64)27(4)80-54/h13-14,18,26-29,31-32,34-37,41,43-45,48-49,51,54-55,59,61-62,64-66,71H,12,20-24H2,1-11H3,(H,60,70)(H,67,68)/b14-13?,30-18+/t26-,27+,28-,29?,31+,32+,34+,35+,36+,37+,41-,43+,44+,45-,48-,49-,51-,54+,55+,57+/m1/s1. The number of methoxy groups -OCH3 is 5. The number of carbonyl (C=O) groups is 4. The summed E-state index contributed by atoms with van der Waals surface area (Å²) >= 11 is 2.80. The number of rotatable bonds is 23. The van der Waals surface area contributed by atoms with Crippen molar-refractivity contribution < 1.29 is 111 Å². The minimum atomic E-state index is -2.18. The van der Waals surface area contributed by atoms with E-state index in [0.717, 1.165) is 40.5 Å². The molecule has 2 aliphatic carbocycles. The number of carboxylic acid groups (broad SMARTS) is 1. The molecule has 20 atom stereocenters. The van der Waals surface area contributed by atoms with Crippen LogP contribution in [0.4, 0.5) is 4.79 Å². The van der Waals surface area contributed by atoms with Gasteiger partial charge in [0.15, 0.2) is 41.8 Å². The number of ether oxygens (including phenoxy) is 12. The number of carboxylic acids is 1. The molecule has 7 rings (SSSR count). The lowest BCUT2D eigenvalue weighted by atomic mass is 9.75. The van der Waals surface area contributed by atoms with E-state index >= 15 is 0 Å². The number of benzene rings is 1. The van der Waals surface area contributed by atoms with Crippen LogP contribution in [-0.2, 0) is 57.1 Å². The molecule has 26 nitrogen and oxygen atoms in total. The molecule has 1 aromatic carbocycles. The van der Waals surface area contributed by atoms with E-state index in [1.165, 1.54) is 40.4 Å². The highest BCUT2D eigenvalue weighted by Crippen LogP contribution is 2.49. The Kier molecular flexibility index (Phi) is 25.9. The first-order valence-corrected chi connectivity index (χ1v) is 32.2. The van der Waals surface area contributed by atoms with Crippen molar-refractivity contribution in [3.8, 4) is 40.9 Å². The van der Waals surface area contributed by atoms with Gasteiger partial charge in [0.1, 0.15) is 41.9 Å². The lowest BCUT2D eigenvalue weighted by molar-refractivity contribution is -0.336. The number of alkyl carbamates (subject to hydrolysis) is 1. The number of thioether (sulfide) groups is 1. The number of Topliss-reactive ketones (excluding diaryl/α,β-unsaturated/α-hetero) is 1. The van der Waals surface area contributed by atoms with Crippen molar-refractivity contribution in [3.63, 3.8) is 0 Å². The highest BCUT2D eigenvalue weighted by atomic mass is 127. The third-order valence-electron chi connectivity index (χ3n) is 15.2. The second-order valence-corrected chi connectivity index (χ2v) is 25.9. The van der Waals surface area contributed by atoms with Gasteiger partial charge in [-0.3, -0.25) is 24.5 Å². The number of hydrogen-bond donors (Lipinski definition) is 9. The number of carbonyl (C=O) groups excluding carboxylic acids is 3. The van der Waals surface area contributed by atoms with E-state index < -0.39 is 144 Å². The van der Waals surface area contributed by atoms with Crippen LogP contribution in [0.1, 0.15) is 69.8 Å². The largest absolute Gasteiger partial charge is 0.492 e. The molecule has 482 valence electrons. The molecule has 0 saturated carbocycles. The SMILES string of the molecule is CCN[C@H]1CO[C@@H](O[C@H]2[C@H](O[C@H]3C#CC=CC#C[C@]4(O)CC(=O)C(NC(=O)OC)=C3/C4=C\CSSC(C)C(=O)O)O[C@H](C)[C@@H](NO[C@H]3C[C@H](O)[C@H](SC(=O)c4c(C)c(I)c(O[C@@H]5O[C@@H](C)[C@H](O)[C@@H](OC)[C@H]5O)c(OC)c4OC)[C@@H](C)O3)[C@@H]2O)C[C@@H]1OC. The van der Waals surface area contributed by atoms with Crippen LogP contribution in [0, 0.1) is 34.2 Å². The quantitative estimate of drug-likeness (QED) is 0.0250. The molecule has 87 heavy (non-hydrogen) atoms. The van der Waals surface area contributed by atoms with Crippen molar-refractivity contribution in [3.05, 3.63) is 49.8 Å². The summed E-state index contributed by atoms with van der Waals surface area (Å²) < 4.78 is 72.4. The fraction of sp³-hybridized carbons (Fsp3) is 0.649. The minimum absolute atomic E-state index is 0.0121.